The molecule has 8 heteroatoms. The fourth-order valence-electron chi connectivity index (χ4n) is 2.74. The summed E-state index contributed by atoms with van der Waals surface area (Å²) >= 11 is 0. The topological polar surface area (TPSA) is 85.5 Å². The third-order valence-corrected chi connectivity index (χ3v) is 5.59. The summed E-state index contributed by atoms with van der Waals surface area (Å²) in [6.45, 7) is 4.39. The van der Waals surface area contributed by atoms with E-state index in [4.69, 9.17) is 9.26 Å². The zero-order valence-corrected chi connectivity index (χ0v) is 11.8. The summed E-state index contributed by atoms with van der Waals surface area (Å²) < 4.78 is 36.1. The first-order valence-corrected chi connectivity index (χ1v) is 8.04. The average Bonchev–Trinajstić information content (AvgIpc) is 3.01. The van der Waals surface area contributed by atoms with Crippen LogP contribution in [0.4, 0.5) is 0 Å². The second-order valence-electron chi connectivity index (χ2n) is 5.06. The van der Waals surface area contributed by atoms with Crippen molar-refractivity contribution in [3.63, 3.8) is 0 Å². The first-order valence-electron chi connectivity index (χ1n) is 6.43. The largest absolute Gasteiger partial charge is 0.363 e. The second kappa shape index (κ2) is 4.53. The molecule has 0 bridgehead atoms. The Bertz CT molecular complexity index is 556. The molecule has 19 heavy (non-hydrogen) atoms. The van der Waals surface area contributed by atoms with E-state index in [1.165, 1.54) is 4.31 Å². The number of aryl methyl sites for hydroxylation is 1. The van der Waals surface area contributed by atoms with E-state index in [-0.39, 0.29) is 23.9 Å². The van der Waals surface area contributed by atoms with Gasteiger partial charge in [0.1, 0.15) is 6.10 Å². The molecule has 0 radical (unpaired) electrons. The minimum atomic E-state index is -3.12. The van der Waals surface area contributed by atoms with E-state index in [0.29, 0.717) is 24.8 Å². The fraction of sp³-hybridized carbons (Fsp3) is 0.818. The molecule has 3 rings (SSSR count). The van der Waals surface area contributed by atoms with E-state index in [0.717, 1.165) is 6.42 Å². The van der Waals surface area contributed by atoms with E-state index in [9.17, 15) is 8.42 Å². The summed E-state index contributed by atoms with van der Waals surface area (Å²) in [5.41, 5.74) is 0. The van der Waals surface area contributed by atoms with Gasteiger partial charge in [-0.05, 0) is 20.3 Å². The molecule has 0 unspecified atom stereocenters. The maximum atomic E-state index is 11.8. The van der Waals surface area contributed by atoms with Crippen molar-refractivity contribution in [1.82, 2.24) is 14.4 Å². The molecule has 2 aliphatic rings. The van der Waals surface area contributed by atoms with Crippen molar-refractivity contribution in [1.29, 1.82) is 0 Å². The lowest BCUT2D eigenvalue weighted by Gasteiger charge is -2.17. The zero-order chi connectivity index (χ0) is 13.6. The van der Waals surface area contributed by atoms with Crippen molar-refractivity contribution in [3.05, 3.63) is 11.7 Å². The molecule has 2 aliphatic heterocycles. The van der Waals surface area contributed by atoms with Gasteiger partial charge in [0.2, 0.25) is 10.0 Å². The van der Waals surface area contributed by atoms with Gasteiger partial charge in [0.15, 0.2) is 5.82 Å². The van der Waals surface area contributed by atoms with Crippen LogP contribution in [0, 0.1) is 12.8 Å². The minimum Gasteiger partial charge on any atom is -0.363 e. The third kappa shape index (κ3) is 2.28. The molecule has 0 saturated carbocycles. The van der Waals surface area contributed by atoms with Crippen LogP contribution < -0.4 is 0 Å². The molecule has 106 valence electrons. The number of aromatic nitrogens is 2. The Morgan fingerprint density at radius 2 is 2.21 bits per heavy atom. The van der Waals surface area contributed by atoms with E-state index < -0.39 is 10.0 Å². The third-order valence-electron chi connectivity index (χ3n) is 3.78. The second-order valence-corrected chi connectivity index (χ2v) is 7.31. The summed E-state index contributed by atoms with van der Waals surface area (Å²) in [4.78, 5) is 4.17. The highest BCUT2D eigenvalue weighted by atomic mass is 32.2. The number of hydrogen-bond acceptors (Lipinski definition) is 6. The Balaban J connectivity index is 1.68. The van der Waals surface area contributed by atoms with Crippen LogP contribution in [-0.4, -0.2) is 47.8 Å². The molecule has 0 amide bonds. The summed E-state index contributed by atoms with van der Waals surface area (Å²) in [7, 11) is -3.12. The lowest BCUT2D eigenvalue weighted by molar-refractivity contribution is 0.0251. The van der Waals surface area contributed by atoms with Crippen LogP contribution in [0.3, 0.4) is 0 Å². The predicted octanol–water partition coefficient (Wildman–Crippen LogP) is 0.490. The molecule has 3 atom stereocenters. The standard InChI is InChI=1S/C11H17N3O4S/c1-3-19(15,16)14-5-8-4-9(17-10(8)6-14)11-12-7(2)13-18-11/h8-10H,3-6H2,1-2H3/t8-,9+,10+/m0/s1. The SMILES string of the molecule is CCS(=O)(=O)N1C[C@@H]2C[C@H](c3nc(C)no3)O[C@@H]2C1. The summed E-state index contributed by atoms with van der Waals surface area (Å²) in [5.74, 6) is 1.44. The van der Waals surface area contributed by atoms with Gasteiger partial charge in [0.05, 0.1) is 11.9 Å². The molecule has 0 spiro atoms. The summed E-state index contributed by atoms with van der Waals surface area (Å²) in [6, 6.07) is 0. The molecular formula is C11H17N3O4S. The number of hydrogen-bond donors (Lipinski definition) is 0. The highest BCUT2D eigenvalue weighted by molar-refractivity contribution is 7.89. The van der Waals surface area contributed by atoms with Crippen molar-refractivity contribution in [2.75, 3.05) is 18.8 Å². The molecule has 0 aliphatic carbocycles. The average molecular weight is 287 g/mol. The Kier molecular flexibility index (Phi) is 3.11. The normalized spacial score (nSPS) is 31.8. The number of sulfonamides is 1. The van der Waals surface area contributed by atoms with Gasteiger partial charge >= 0.3 is 0 Å². The van der Waals surface area contributed by atoms with Gasteiger partial charge in [0.25, 0.3) is 5.89 Å². The zero-order valence-electron chi connectivity index (χ0n) is 10.9. The van der Waals surface area contributed by atoms with Crippen molar-refractivity contribution in [2.24, 2.45) is 5.92 Å². The Labute approximate surface area is 112 Å². The molecule has 2 saturated heterocycles. The number of nitrogens with zero attached hydrogens (tertiary/aromatic N) is 3. The fourth-order valence-corrected chi connectivity index (χ4v) is 3.90. The van der Waals surface area contributed by atoms with Crippen LogP contribution in [0.2, 0.25) is 0 Å². The maximum absolute atomic E-state index is 11.8. The molecule has 3 heterocycles. The molecule has 0 N–H and O–H groups in total. The van der Waals surface area contributed by atoms with Crippen LogP contribution >= 0.6 is 0 Å². The number of fused-ring (bicyclic) bond motifs is 1. The highest BCUT2D eigenvalue weighted by Crippen LogP contribution is 2.40. The van der Waals surface area contributed by atoms with Gasteiger partial charge in [-0.1, -0.05) is 5.16 Å². The first-order chi connectivity index (χ1) is 8.99. The number of ether oxygens (including phenoxy) is 1. The van der Waals surface area contributed by atoms with Crippen LogP contribution in [0.5, 0.6) is 0 Å². The summed E-state index contributed by atoms with van der Waals surface area (Å²) in [6.07, 6.45) is 0.489. The van der Waals surface area contributed by atoms with E-state index in [2.05, 4.69) is 10.1 Å². The Hall–Kier alpha value is -0.990. The maximum Gasteiger partial charge on any atom is 0.255 e. The van der Waals surface area contributed by atoms with E-state index in [1.54, 1.807) is 13.8 Å². The number of rotatable bonds is 3. The monoisotopic (exact) mass is 287 g/mol. The molecule has 1 aromatic heterocycles. The first kappa shape index (κ1) is 13.0. The lowest BCUT2D eigenvalue weighted by Crippen LogP contribution is -2.32. The van der Waals surface area contributed by atoms with Gasteiger partial charge in [-0.25, -0.2) is 8.42 Å². The van der Waals surface area contributed by atoms with Crippen molar-refractivity contribution in [3.8, 4) is 0 Å². The van der Waals surface area contributed by atoms with Crippen molar-refractivity contribution < 1.29 is 17.7 Å². The quantitative estimate of drug-likeness (QED) is 0.804. The Morgan fingerprint density at radius 3 is 2.79 bits per heavy atom. The highest BCUT2D eigenvalue weighted by Gasteiger charge is 2.46. The van der Waals surface area contributed by atoms with Crippen molar-refractivity contribution in [2.45, 2.75) is 32.5 Å². The van der Waals surface area contributed by atoms with E-state index in [1.807, 2.05) is 0 Å². The smallest absolute Gasteiger partial charge is 0.255 e. The predicted molar refractivity (Wildman–Crippen MR) is 65.8 cm³/mol. The van der Waals surface area contributed by atoms with Gasteiger partial charge < -0.3 is 9.26 Å². The minimum absolute atomic E-state index is 0.0569. The Morgan fingerprint density at radius 1 is 1.42 bits per heavy atom. The molecule has 7 nitrogen and oxygen atoms in total. The van der Waals surface area contributed by atoms with E-state index >= 15 is 0 Å². The van der Waals surface area contributed by atoms with Gasteiger partial charge in [0, 0.05) is 19.0 Å². The van der Waals surface area contributed by atoms with Crippen LogP contribution in [-0.2, 0) is 14.8 Å². The molecule has 1 aromatic rings. The van der Waals surface area contributed by atoms with Gasteiger partial charge in [-0.2, -0.15) is 9.29 Å². The lowest BCUT2D eigenvalue weighted by atomic mass is 10.0. The van der Waals surface area contributed by atoms with Crippen LogP contribution in [0.1, 0.15) is 31.2 Å². The van der Waals surface area contributed by atoms with Gasteiger partial charge in [-0.3, -0.25) is 0 Å². The van der Waals surface area contributed by atoms with Crippen LogP contribution in [0.25, 0.3) is 0 Å². The molecule has 2 fully saturated rings. The molecular weight excluding hydrogens is 270 g/mol. The van der Waals surface area contributed by atoms with Crippen LogP contribution in [0.15, 0.2) is 4.52 Å². The summed E-state index contributed by atoms with van der Waals surface area (Å²) in [5, 5.41) is 3.75. The van der Waals surface area contributed by atoms with Crippen molar-refractivity contribution >= 4 is 10.0 Å². The van der Waals surface area contributed by atoms with Gasteiger partial charge in [-0.15, -0.1) is 0 Å². The molecule has 0 aromatic carbocycles.